The van der Waals surface area contributed by atoms with Gasteiger partial charge in [-0.1, -0.05) is 23.7 Å². The topological polar surface area (TPSA) is 64.6 Å². The predicted molar refractivity (Wildman–Crippen MR) is 81.9 cm³/mol. The summed E-state index contributed by atoms with van der Waals surface area (Å²) in [4.78, 5) is -0.131. The summed E-state index contributed by atoms with van der Waals surface area (Å²) in [5.74, 6) is -0.243. The molecular weight excluding hydrogens is 352 g/mol. The first-order chi connectivity index (χ1) is 10.8. The van der Waals surface area contributed by atoms with E-state index in [9.17, 15) is 17.2 Å². The van der Waals surface area contributed by atoms with Crippen LogP contribution in [0.4, 0.5) is 14.5 Å². The number of hydrogen-bond acceptors (Lipinski definition) is 4. The molecule has 2 aromatic rings. The van der Waals surface area contributed by atoms with Gasteiger partial charge in [-0.15, -0.1) is 0 Å². The molecule has 0 unspecified atom stereocenters. The quantitative estimate of drug-likeness (QED) is 0.849. The number of benzene rings is 2. The molecule has 23 heavy (non-hydrogen) atoms. The molecule has 2 rings (SSSR count). The van der Waals surface area contributed by atoms with E-state index in [2.05, 4.69) is 9.46 Å². The van der Waals surface area contributed by atoms with Gasteiger partial charge in [0, 0.05) is 6.07 Å². The summed E-state index contributed by atoms with van der Waals surface area (Å²) in [5.41, 5.74) is 0.0290. The second-order valence-corrected chi connectivity index (χ2v) is 6.34. The minimum Gasteiger partial charge on any atom is -0.493 e. The standard InChI is InChI=1S/C14H12ClF2NO4S/c1-21-11-7-6-9(8-12(11)22-14(16)17)18-23(19,20)13-5-3-2-4-10(13)15/h2-8,14,18H,1H3. The highest BCUT2D eigenvalue weighted by Gasteiger charge is 2.19. The van der Waals surface area contributed by atoms with Gasteiger partial charge in [-0.3, -0.25) is 4.72 Å². The van der Waals surface area contributed by atoms with Gasteiger partial charge in [-0.2, -0.15) is 8.78 Å². The van der Waals surface area contributed by atoms with Crippen molar-refractivity contribution in [2.75, 3.05) is 11.8 Å². The molecule has 0 amide bonds. The van der Waals surface area contributed by atoms with Gasteiger partial charge in [0.1, 0.15) is 4.90 Å². The summed E-state index contributed by atoms with van der Waals surface area (Å²) in [7, 11) is -2.70. The fraction of sp³-hybridized carbons (Fsp3) is 0.143. The SMILES string of the molecule is COc1ccc(NS(=O)(=O)c2ccccc2Cl)cc1OC(F)F. The van der Waals surface area contributed by atoms with E-state index in [0.29, 0.717) is 0 Å². The summed E-state index contributed by atoms with van der Waals surface area (Å²) < 4.78 is 60.8. The molecule has 0 aliphatic rings. The van der Waals surface area contributed by atoms with Crippen molar-refractivity contribution in [1.29, 1.82) is 0 Å². The van der Waals surface area contributed by atoms with Gasteiger partial charge in [0.05, 0.1) is 17.8 Å². The van der Waals surface area contributed by atoms with Crippen LogP contribution in [0.15, 0.2) is 47.4 Å². The summed E-state index contributed by atoms with van der Waals surface area (Å²) in [5, 5.41) is 0.0394. The lowest BCUT2D eigenvalue weighted by Crippen LogP contribution is -2.13. The van der Waals surface area contributed by atoms with Gasteiger partial charge in [0.15, 0.2) is 11.5 Å². The third-order valence-electron chi connectivity index (χ3n) is 2.76. The van der Waals surface area contributed by atoms with Crippen LogP contribution in [0.2, 0.25) is 5.02 Å². The lowest BCUT2D eigenvalue weighted by molar-refractivity contribution is -0.0511. The van der Waals surface area contributed by atoms with E-state index >= 15 is 0 Å². The lowest BCUT2D eigenvalue weighted by Gasteiger charge is -2.13. The smallest absolute Gasteiger partial charge is 0.387 e. The number of nitrogens with one attached hydrogen (secondary N) is 1. The van der Waals surface area contributed by atoms with Crippen molar-refractivity contribution in [3.8, 4) is 11.5 Å². The summed E-state index contributed by atoms with van der Waals surface area (Å²) >= 11 is 5.86. The van der Waals surface area contributed by atoms with Crippen LogP contribution >= 0.6 is 11.6 Å². The highest BCUT2D eigenvalue weighted by Crippen LogP contribution is 2.32. The third-order valence-corrected chi connectivity index (χ3v) is 4.64. The normalized spacial score (nSPS) is 11.3. The number of anilines is 1. The highest BCUT2D eigenvalue weighted by atomic mass is 35.5. The molecule has 0 spiro atoms. The number of halogens is 3. The zero-order valence-corrected chi connectivity index (χ0v) is 13.4. The van der Waals surface area contributed by atoms with E-state index in [0.717, 1.165) is 6.07 Å². The average molecular weight is 364 g/mol. The Labute approximate surface area is 136 Å². The van der Waals surface area contributed by atoms with Crippen LogP contribution in [-0.2, 0) is 10.0 Å². The lowest BCUT2D eigenvalue weighted by atomic mass is 10.3. The molecule has 0 atom stereocenters. The number of sulfonamides is 1. The molecule has 0 aliphatic heterocycles. The van der Waals surface area contributed by atoms with Gasteiger partial charge in [-0.05, 0) is 24.3 Å². The first-order valence-corrected chi connectivity index (χ1v) is 8.10. The molecule has 5 nitrogen and oxygen atoms in total. The highest BCUT2D eigenvalue weighted by molar-refractivity contribution is 7.92. The molecule has 2 aromatic carbocycles. The van der Waals surface area contributed by atoms with Crippen molar-refractivity contribution in [2.24, 2.45) is 0 Å². The molecule has 0 heterocycles. The number of rotatable bonds is 6. The van der Waals surface area contributed by atoms with Crippen molar-refractivity contribution in [2.45, 2.75) is 11.5 Å². The second kappa shape index (κ2) is 7.01. The van der Waals surface area contributed by atoms with E-state index in [4.69, 9.17) is 16.3 Å². The zero-order chi connectivity index (χ0) is 17.0. The Hall–Kier alpha value is -2.06. The third kappa shape index (κ3) is 4.23. The fourth-order valence-corrected chi connectivity index (χ4v) is 3.37. The molecular formula is C14H12ClF2NO4S. The van der Waals surface area contributed by atoms with Crippen LogP contribution in [0.5, 0.6) is 11.5 Å². The zero-order valence-electron chi connectivity index (χ0n) is 11.8. The van der Waals surface area contributed by atoms with Crippen LogP contribution < -0.4 is 14.2 Å². The Bertz CT molecular complexity index is 799. The Morgan fingerprint density at radius 2 is 1.83 bits per heavy atom. The van der Waals surface area contributed by atoms with E-state index in [-0.39, 0.29) is 27.1 Å². The van der Waals surface area contributed by atoms with Crippen LogP contribution in [0, 0.1) is 0 Å². The van der Waals surface area contributed by atoms with Crippen LogP contribution in [0.3, 0.4) is 0 Å². The minimum absolute atomic E-state index is 0.0290. The van der Waals surface area contributed by atoms with E-state index < -0.39 is 16.6 Å². The van der Waals surface area contributed by atoms with E-state index in [1.54, 1.807) is 6.07 Å². The number of ether oxygens (including phenoxy) is 2. The first-order valence-electron chi connectivity index (χ1n) is 6.23. The van der Waals surface area contributed by atoms with Crippen molar-refractivity contribution in [1.82, 2.24) is 0 Å². The van der Waals surface area contributed by atoms with Gasteiger partial charge < -0.3 is 9.47 Å². The molecule has 0 fully saturated rings. The summed E-state index contributed by atoms with van der Waals surface area (Å²) in [6.45, 7) is -3.07. The molecule has 0 aromatic heterocycles. The minimum atomic E-state index is -3.97. The molecule has 0 saturated heterocycles. The number of hydrogen-bond donors (Lipinski definition) is 1. The maximum absolute atomic E-state index is 12.4. The molecule has 0 aliphatic carbocycles. The molecule has 1 N–H and O–H groups in total. The van der Waals surface area contributed by atoms with Gasteiger partial charge >= 0.3 is 6.61 Å². The Morgan fingerprint density at radius 1 is 1.13 bits per heavy atom. The van der Waals surface area contributed by atoms with E-state index in [1.165, 1.54) is 37.4 Å². The molecule has 0 bridgehead atoms. The summed E-state index contributed by atoms with van der Waals surface area (Å²) in [6, 6.07) is 9.61. The van der Waals surface area contributed by atoms with Crippen LogP contribution in [-0.4, -0.2) is 22.1 Å². The Morgan fingerprint density at radius 3 is 2.43 bits per heavy atom. The monoisotopic (exact) mass is 363 g/mol. The predicted octanol–water partition coefficient (Wildman–Crippen LogP) is 3.75. The van der Waals surface area contributed by atoms with Gasteiger partial charge in [-0.25, -0.2) is 8.42 Å². The van der Waals surface area contributed by atoms with Crippen molar-refractivity contribution >= 4 is 27.3 Å². The van der Waals surface area contributed by atoms with Crippen molar-refractivity contribution < 1.29 is 26.7 Å². The maximum atomic E-state index is 12.4. The largest absolute Gasteiger partial charge is 0.493 e. The molecule has 124 valence electrons. The summed E-state index contributed by atoms with van der Waals surface area (Å²) in [6.07, 6.45) is 0. The second-order valence-electron chi connectivity index (χ2n) is 4.28. The maximum Gasteiger partial charge on any atom is 0.387 e. The van der Waals surface area contributed by atoms with Crippen molar-refractivity contribution in [3.63, 3.8) is 0 Å². The van der Waals surface area contributed by atoms with Crippen LogP contribution in [0.25, 0.3) is 0 Å². The number of alkyl halides is 2. The van der Waals surface area contributed by atoms with Crippen molar-refractivity contribution in [3.05, 3.63) is 47.5 Å². The average Bonchev–Trinajstić information content (AvgIpc) is 2.46. The van der Waals surface area contributed by atoms with Gasteiger partial charge in [0.25, 0.3) is 10.0 Å². The molecule has 9 heteroatoms. The first kappa shape index (κ1) is 17.3. The Kier molecular flexibility index (Phi) is 5.27. The van der Waals surface area contributed by atoms with Crippen LogP contribution in [0.1, 0.15) is 0 Å². The number of methoxy groups -OCH3 is 1. The fourth-order valence-electron chi connectivity index (χ4n) is 1.80. The van der Waals surface area contributed by atoms with E-state index in [1.807, 2.05) is 0 Å². The molecule has 0 radical (unpaired) electrons. The Balaban J connectivity index is 2.34. The van der Waals surface area contributed by atoms with Gasteiger partial charge in [0.2, 0.25) is 0 Å². The molecule has 0 saturated carbocycles.